The highest BCUT2D eigenvalue weighted by Crippen LogP contribution is 2.22. The predicted octanol–water partition coefficient (Wildman–Crippen LogP) is 0.844. The molecule has 0 rings (SSSR count). The van der Waals surface area contributed by atoms with Crippen molar-refractivity contribution in [3.05, 3.63) is 0 Å². The average Bonchev–Trinajstić information content (AvgIpc) is 2.14. The predicted molar refractivity (Wildman–Crippen MR) is 46.1 cm³/mol. The summed E-state index contributed by atoms with van der Waals surface area (Å²) in [5.41, 5.74) is 4.83. The molecule has 0 radical (unpaired) electrons. The van der Waals surface area contributed by atoms with Crippen LogP contribution in [0.1, 0.15) is 13.3 Å². The van der Waals surface area contributed by atoms with Gasteiger partial charge in [0.25, 0.3) is 0 Å². The Labute approximate surface area is 85.5 Å². The molecule has 0 aromatic carbocycles. The van der Waals surface area contributed by atoms with Crippen molar-refractivity contribution in [1.82, 2.24) is 0 Å². The summed E-state index contributed by atoms with van der Waals surface area (Å²) in [7, 11) is 0.976. The molecule has 0 aliphatic rings. The fraction of sp³-hybridized carbons (Fsp3) is 0.875. The van der Waals surface area contributed by atoms with Crippen molar-refractivity contribution in [2.45, 2.75) is 31.7 Å². The van der Waals surface area contributed by atoms with Gasteiger partial charge >= 0.3 is 12.1 Å². The van der Waals surface area contributed by atoms with Gasteiger partial charge in [-0.25, -0.2) is 4.79 Å². The number of methoxy groups -OCH3 is 1. The van der Waals surface area contributed by atoms with Gasteiger partial charge < -0.3 is 15.2 Å². The molecule has 4 nitrogen and oxygen atoms in total. The van der Waals surface area contributed by atoms with Crippen molar-refractivity contribution in [2.24, 2.45) is 5.73 Å². The normalized spacial score (nSPS) is 15.9. The highest BCUT2D eigenvalue weighted by Gasteiger charge is 2.46. The molecule has 0 aromatic rings. The van der Waals surface area contributed by atoms with Crippen LogP contribution in [0.4, 0.5) is 13.2 Å². The minimum atomic E-state index is -4.69. The van der Waals surface area contributed by atoms with Gasteiger partial charge in [-0.3, -0.25) is 0 Å². The van der Waals surface area contributed by atoms with Gasteiger partial charge in [-0.05, 0) is 6.42 Å². The zero-order valence-electron chi connectivity index (χ0n) is 8.50. The molecular weight excluding hydrogens is 215 g/mol. The lowest BCUT2D eigenvalue weighted by atomic mass is 10.1. The van der Waals surface area contributed by atoms with Gasteiger partial charge in [0, 0.05) is 7.11 Å². The van der Waals surface area contributed by atoms with Gasteiger partial charge in [0.1, 0.15) is 6.04 Å². The highest BCUT2D eigenvalue weighted by atomic mass is 19.4. The van der Waals surface area contributed by atoms with Crippen molar-refractivity contribution in [3.8, 4) is 0 Å². The number of carbonyl (C=O) groups is 1. The average molecular weight is 229 g/mol. The number of halogens is 3. The lowest BCUT2D eigenvalue weighted by molar-refractivity contribution is -0.189. The smallest absolute Gasteiger partial charge is 0.406 e. The molecule has 0 fully saturated rings. The van der Waals surface area contributed by atoms with E-state index >= 15 is 0 Å². The van der Waals surface area contributed by atoms with E-state index in [1.165, 1.54) is 0 Å². The maximum atomic E-state index is 12.2. The molecule has 7 heteroatoms. The van der Waals surface area contributed by atoms with Gasteiger partial charge in [-0.2, -0.15) is 13.2 Å². The van der Waals surface area contributed by atoms with Crippen LogP contribution in [0.2, 0.25) is 0 Å². The van der Waals surface area contributed by atoms with Crippen LogP contribution < -0.4 is 5.73 Å². The van der Waals surface area contributed by atoms with Gasteiger partial charge in [0.2, 0.25) is 0 Å². The Bertz CT molecular complexity index is 208. The minimum absolute atomic E-state index is 0.0449. The minimum Gasteiger partial charge on any atom is -0.464 e. The van der Waals surface area contributed by atoms with Crippen molar-refractivity contribution in [3.63, 3.8) is 0 Å². The summed E-state index contributed by atoms with van der Waals surface area (Å²) < 4.78 is 45.4. The zero-order valence-corrected chi connectivity index (χ0v) is 8.50. The number of alkyl halides is 3. The molecule has 0 heterocycles. The van der Waals surface area contributed by atoms with E-state index in [2.05, 4.69) is 9.47 Å². The number of hydrogen-bond acceptors (Lipinski definition) is 4. The zero-order chi connectivity index (χ0) is 12.1. The summed E-state index contributed by atoms with van der Waals surface area (Å²) in [4.78, 5) is 11.1. The first-order valence-electron chi connectivity index (χ1n) is 4.36. The van der Waals surface area contributed by atoms with Crippen LogP contribution in [-0.4, -0.2) is 38.0 Å². The maximum absolute atomic E-state index is 12.2. The Morgan fingerprint density at radius 2 is 2.00 bits per heavy atom. The lowest BCUT2D eigenvalue weighted by Gasteiger charge is -2.22. The van der Waals surface area contributed by atoms with Crippen molar-refractivity contribution in [1.29, 1.82) is 0 Å². The Hall–Kier alpha value is -0.820. The number of nitrogens with two attached hydrogens (primary N) is 1. The summed E-state index contributed by atoms with van der Waals surface area (Å²) in [6, 6.07) is -2.37. The van der Waals surface area contributed by atoms with Gasteiger partial charge in [0.05, 0.1) is 6.61 Å². The van der Waals surface area contributed by atoms with Crippen LogP contribution in [-0.2, 0) is 14.3 Å². The molecule has 0 aliphatic carbocycles. The maximum Gasteiger partial charge on any atom is 0.406 e. The number of rotatable bonds is 5. The van der Waals surface area contributed by atoms with E-state index in [1.54, 1.807) is 6.92 Å². The van der Waals surface area contributed by atoms with Crippen LogP contribution in [0, 0.1) is 0 Å². The molecule has 15 heavy (non-hydrogen) atoms. The SMILES string of the molecule is CCCOC(=O)[C@@H](OC)[C@H](N)C(F)(F)F. The molecule has 0 spiro atoms. The highest BCUT2D eigenvalue weighted by molar-refractivity contribution is 5.75. The molecule has 90 valence electrons. The molecule has 2 atom stereocenters. The molecule has 0 saturated carbocycles. The number of esters is 1. The molecule has 0 amide bonds. The fourth-order valence-corrected chi connectivity index (χ4v) is 0.846. The van der Waals surface area contributed by atoms with Crippen LogP contribution in [0.3, 0.4) is 0 Å². The molecule has 0 aliphatic heterocycles. The Kier molecular flexibility index (Phi) is 5.59. The monoisotopic (exact) mass is 229 g/mol. The summed E-state index contributed by atoms with van der Waals surface area (Å²) in [5.74, 6) is -1.09. The Morgan fingerprint density at radius 3 is 2.33 bits per heavy atom. The van der Waals surface area contributed by atoms with Gasteiger partial charge in [0.15, 0.2) is 6.10 Å². The quantitative estimate of drug-likeness (QED) is 0.710. The Balaban J connectivity index is 4.41. The molecule has 0 aromatic heterocycles. The van der Waals surface area contributed by atoms with E-state index in [4.69, 9.17) is 5.73 Å². The van der Waals surface area contributed by atoms with Crippen LogP contribution in [0.15, 0.2) is 0 Å². The molecular formula is C8H14F3NO3. The number of carbonyl (C=O) groups excluding carboxylic acids is 1. The van der Waals surface area contributed by atoms with Crippen molar-refractivity contribution in [2.75, 3.05) is 13.7 Å². The standard InChI is InChI=1S/C8H14F3NO3/c1-3-4-15-7(13)5(14-2)6(12)8(9,10)11/h5-6H,3-4,12H2,1-2H3/t5-,6-/m0/s1. The van der Waals surface area contributed by atoms with Crippen LogP contribution >= 0.6 is 0 Å². The summed E-state index contributed by atoms with van der Waals surface area (Å²) in [6.45, 7) is 1.77. The number of hydrogen-bond donors (Lipinski definition) is 1. The second-order valence-corrected chi connectivity index (χ2v) is 2.89. The van der Waals surface area contributed by atoms with Crippen LogP contribution in [0.25, 0.3) is 0 Å². The first kappa shape index (κ1) is 14.2. The van der Waals surface area contributed by atoms with E-state index in [9.17, 15) is 18.0 Å². The Morgan fingerprint density at radius 1 is 1.47 bits per heavy atom. The molecule has 2 N–H and O–H groups in total. The summed E-state index contributed by atoms with van der Waals surface area (Å²) in [5, 5.41) is 0. The topological polar surface area (TPSA) is 61.5 Å². The first-order valence-corrected chi connectivity index (χ1v) is 4.36. The van der Waals surface area contributed by atoms with Gasteiger partial charge in [-0.15, -0.1) is 0 Å². The largest absolute Gasteiger partial charge is 0.464 e. The number of ether oxygens (including phenoxy) is 2. The fourth-order valence-electron chi connectivity index (χ4n) is 0.846. The third kappa shape index (κ3) is 4.48. The summed E-state index contributed by atoms with van der Waals surface area (Å²) >= 11 is 0. The summed E-state index contributed by atoms with van der Waals surface area (Å²) in [6.07, 6.45) is -5.98. The van der Waals surface area contributed by atoms with Crippen molar-refractivity contribution >= 4 is 5.97 Å². The second-order valence-electron chi connectivity index (χ2n) is 2.89. The van der Waals surface area contributed by atoms with E-state index in [0.717, 1.165) is 7.11 Å². The lowest BCUT2D eigenvalue weighted by Crippen LogP contribution is -2.52. The first-order chi connectivity index (χ1) is 6.84. The van der Waals surface area contributed by atoms with Crippen LogP contribution in [0.5, 0.6) is 0 Å². The van der Waals surface area contributed by atoms with Crippen molar-refractivity contribution < 1.29 is 27.4 Å². The van der Waals surface area contributed by atoms with Gasteiger partial charge in [-0.1, -0.05) is 6.92 Å². The molecule has 0 saturated heterocycles. The van der Waals surface area contributed by atoms with E-state index < -0.39 is 24.3 Å². The van der Waals surface area contributed by atoms with E-state index in [-0.39, 0.29) is 6.61 Å². The molecule has 0 bridgehead atoms. The second kappa shape index (κ2) is 5.92. The third-order valence-electron chi connectivity index (χ3n) is 1.64. The van der Waals surface area contributed by atoms with E-state index in [1.807, 2.05) is 0 Å². The third-order valence-corrected chi connectivity index (χ3v) is 1.64. The molecule has 0 unspecified atom stereocenters. The van der Waals surface area contributed by atoms with E-state index in [0.29, 0.717) is 6.42 Å².